The summed E-state index contributed by atoms with van der Waals surface area (Å²) in [6.07, 6.45) is 8.23. The molecule has 12 heteroatoms. The van der Waals surface area contributed by atoms with Crippen LogP contribution in [0.3, 0.4) is 0 Å². The van der Waals surface area contributed by atoms with Gasteiger partial charge in [-0.2, -0.15) is 18.3 Å². The van der Waals surface area contributed by atoms with E-state index in [0.717, 1.165) is 67.1 Å². The highest BCUT2D eigenvalue weighted by molar-refractivity contribution is 6.67. The van der Waals surface area contributed by atoms with Crippen molar-refractivity contribution in [2.45, 2.75) is 53.9 Å². The Morgan fingerprint density at radius 3 is 0.817 bits per heavy atom. The zero-order valence-electron chi connectivity index (χ0n) is 33.6. The van der Waals surface area contributed by atoms with E-state index in [9.17, 15) is 0 Å². The lowest BCUT2D eigenvalue weighted by Gasteiger charge is -2.07. The van der Waals surface area contributed by atoms with Gasteiger partial charge < -0.3 is 9.97 Å². The maximum atomic E-state index is 7.45. The van der Waals surface area contributed by atoms with E-state index in [2.05, 4.69) is 129 Å². The SMILES string of the molecule is CC[n+]1ccccc1-c1c2nc(c(-c3cccc[n+]3CC)c3ccc([nH]3)c(-c3cccc[n+]3CC)c3nc(c(-c4cccc[n+]4CC)c4ccc1[nH]4)C(Cl)=C3Cl)C(Cl)=C2Cl. The molecule has 298 valence electrons. The number of nitrogens with one attached hydrogen (secondary N) is 2. The summed E-state index contributed by atoms with van der Waals surface area (Å²) in [6, 6.07) is 32.7. The summed E-state index contributed by atoms with van der Waals surface area (Å²) in [5, 5.41) is 1.41. The van der Waals surface area contributed by atoms with Crippen LogP contribution < -0.4 is 18.3 Å². The third kappa shape index (κ3) is 6.63. The molecule has 7 aromatic rings. The molecule has 0 amide bonds. The summed E-state index contributed by atoms with van der Waals surface area (Å²) in [6.45, 7) is 11.3. The zero-order valence-corrected chi connectivity index (χ0v) is 36.6. The Morgan fingerprint density at radius 2 is 0.600 bits per heavy atom. The van der Waals surface area contributed by atoms with Crippen LogP contribution in [0, 0.1) is 0 Å². The summed E-state index contributed by atoms with van der Waals surface area (Å²) in [7, 11) is 0. The molecule has 0 unspecified atom stereocenters. The molecular weight excluding hydrogens is 830 g/mol. The molecule has 8 nitrogen and oxygen atoms in total. The third-order valence-corrected chi connectivity index (χ3v) is 12.9. The lowest BCUT2D eigenvalue weighted by Crippen LogP contribution is -2.34. The molecule has 0 aliphatic carbocycles. The second-order valence-corrected chi connectivity index (χ2v) is 15.9. The largest absolute Gasteiger partial charge is 0.354 e. The first-order valence-corrected chi connectivity index (χ1v) is 21.7. The number of aromatic nitrogens is 8. The van der Waals surface area contributed by atoms with Crippen LogP contribution in [0.2, 0.25) is 0 Å². The van der Waals surface area contributed by atoms with Crippen LogP contribution in [-0.2, 0) is 26.2 Å². The average molecular weight is 873 g/mol. The van der Waals surface area contributed by atoms with Gasteiger partial charge in [-0.15, -0.1) is 0 Å². The molecule has 0 saturated carbocycles. The Bertz CT molecular complexity index is 2700. The van der Waals surface area contributed by atoms with E-state index in [1.807, 2.05) is 48.5 Å². The first-order chi connectivity index (χ1) is 29.3. The molecule has 2 N–H and O–H groups in total. The van der Waals surface area contributed by atoms with Crippen molar-refractivity contribution in [3.8, 4) is 45.0 Å². The molecule has 2 aliphatic heterocycles. The van der Waals surface area contributed by atoms with Gasteiger partial charge in [0.15, 0.2) is 24.8 Å². The highest BCUT2D eigenvalue weighted by Gasteiger charge is 2.33. The number of halogens is 4. The monoisotopic (exact) mass is 870 g/mol. The predicted molar refractivity (Wildman–Crippen MR) is 243 cm³/mol. The summed E-state index contributed by atoms with van der Waals surface area (Å²) in [5.41, 5.74) is 12.1. The summed E-state index contributed by atoms with van der Waals surface area (Å²) >= 11 is 29.8. The van der Waals surface area contributed by atoms with Gasteiger partial charge in [0.25, 0.3) is 0 Å². The Balaban J connectivity index is 1.58. The number of rotatable bonds is 8. The number of pyridine rings is 4. The molecule has 7 aromatic heterocycles. The Hall–Kier alpha value is -5.64. The van der Waals surface area contributed by atoms with Gasteiger partial charge in [-0.05, 0) is 76.2 Å². The molecule has 0 atom stereocenters. The van der Waals surface area contributed by atoms with Crippen LogP contribution >= 0.6 is 46.4 Å². The predicted octanol–water partition coefficient (Wildman–Crippen LogP) is 10.8. The second kappa shape index (κ2) is 16.4. The van der Waals surface area contributed by atoms with Gasteiger partial charge in [-0.25, -0.2) is 9.97 Å². The van der Waals surface area contributed by atoms with Crippen molar-refractivity contribution in [2.75, 3.05) is 0 Å². The molecule has 8 bridgehead atoms. The van der Waals surface area contributed by atoms with E-state index in [0.29, 0.717) is 69.1 Å². The Morgan fingerprint density at radius 1 is 0.367 bits per heavy atom. The highest BCUT2D eigenvalue weighted by atomic mass is 35.5. The third-order valence-electron chi connectivity index (χ3n) is 11.2. The van der Waals surface area contributed by atoms with Crippen molar-refractivity contribution in [3.05, 3.63) is 145 Å². The first kappa shape index (κ1) is 39.8. The molecule has 0 spiro atoms. The topological polar surface area (TPSA) is 72.9 Å². The second-order valence-electron chi connectivity index (χ2n) is 14.4. The number of fused-ring (bicyclic) bond motifs is 8. The minimum Gasteiger partial charge on any atom is -0.354 e. The van der Waals surface area contributed by atoms with Crippen molar-refractivity contribution in [1.82, 2.24) is 19.9 Å². The minimum atomic E-state index is 0.352. The van der Waals surface area contributed by atoms with Gasteiger partial charge in [0, 0.05) is 48.5 Å². The molecule has 60 heavy (non-hydrogen) atoms. The van der Waals surface area contributed by atoms with Gasteiger partial charge in [0.2, 0.25) is 22.8 Å². The fraction of sp³-hybridized carbons (Fsp3) is 0.167. The van der Waals surface area contributed by atoms with Gasteiger partial charge in [-0.1, -0.05) is 46.4 Å². The van der Waals surface area contributed by atoms with Crippen molar-refractivity contribution in [1.29, 1.82) is 0 Å². The van der Waals surface area contributed by atoms with Crippen molar-refractivity contribution >= 4 is 88.6 Å². The molecule has 2 aliphatic rings. The van der Waals surface area contributed by atoms with Crippen LogP contribution in [0.25, 0.3) is 87.2 Å². The molecule has 9 rings (SSSR count). The zero-order chi connectivity index (χ0) is 41.7. The maximum Gasteiger partial charge on any atom is 0.216 e. The minimum absolute atomic E-state index is 0.352. The van der Waals surface area contributed by atoms with Crippen LogP contribution in [-0.4, -0.2) is 19.9 Å². The van der Waals surface area contributed by atoms with Crippen LogP contribution in [0.1, 0.15) is 50.5 Å². The van der Waals surface area contributed by atoms with Crippen molar-refractivity contribution in [3.63, 3.8) is 0 Å². The smallest absolute Gasteiger partial charge is 0.216 e. The van der Waals surface area contributed by atoms with E-state index in [1.54, 1.807) is 0 Å². The number of hydrogen-bond acceptors (Lipinski definition) is 2. The lowest BCUT2D eigenvalue weighted by molar-refractivity contribution is -0.682. The van der Waals surface area contributed by atoms with E-state index < -0.39 is 0 Å². The Labute approximate surface area is 368 Å². The number of aryl methyl sites for hydroxylation is 4. The molecule has 9 heterocycles. The summed E-state index contributed by atoms with van der Waals surface area (Å²) < 4.78 is 8.70. The lowest BCUT2D eigenvalue weighted by atomic mass is 10.1. The molecule has 0 fully saturated rings. The number of nitrogens with zero attached hydrogens (tertiary/aromatic N) is 6. The number of hydrogen-bond donors (Lipinski definition) is 2. The molecular formula is C48H42Cl4N8+4. The van der Waals surface area contributed by atoms with Crippen LogP contribution in [0.4, 0.5) is 0 Å². The van der Waals surface area contributed by atoms with E-state index in [4.69, 9.17) is 56.4 Å². The fourth-order valence-corrected chi connectivity index (χ4v) is 9.24. The average Bonchev–Trinajstić information content (AvgIpc) is 4.08. The van der Waals surface area contributed by atoms with Crippen molar-refractivity contribution in [2.24, 2.45) is 0 Å². The van der Waals surface area contributed by atoms with Gasteiger partial charge in [-0.3, -0.25) is 0 Å². The normalized spacial score (nSPS) is 12.8. The first-order valence-electron chi connectivity index (χ1n) is 20.1. The standard InChI is InChI=1S/C48H41Cl4N8/c1-5-57-25-13-9-17-33(57)37-29-21-22-30(53-29)38(34-18-10-14-26-58(34)6-2)47-43(51)44(52)48(56-47)40(36-20-12-16-28-60(36)8-4)32-24-23-31(54-32)39(35-19-11-15-27-59(35)7-3)46-42(50)41(49)45(37)55-46/h9-28H,5-8H2,1-4H3,(H,53,54,55,56)/q+3/p+1. The van der Waals surface area contributed by atoms with E-state index in [1.165, 1.54) is 0 Å². The highest BCUT2D eigenvalue weighted by Crippen LogP contribution is 2.47. The van der Waals surface area contributed by atoms with E-state index in [-0.39, 0.29) is 0 Å². The number of aromatic amines is 2. The number of H-pyrrole nitrogens is 2. The molecule has 0 radical (unpaired) electrons. The fourth-order valence-electron chi connectivity index (χ4n) is 8.34. The molecule has 0 aromatic carbocycles. The molecule has 0 saturated heterocycles. The van der Waals surface area contributed by atoms with E-state index >= 15 is 0 Å². The van der Waals surface area contributed by atoms with Gasteiger partial charge in [0.05, 0.1) is 87.2 Å². The maximum absolute atomic E-state index is 7.45. The van der Waals surface area contributed by atoms with Crippen molar-refractivity contribution < 1.29 is 18.3 Å². The van der Waals surface area contributed by atoms with Gasteiger partial charge >= 0.3 is 0 Å². The Kier molecular flexibility index (Phi) is 10.9. The quantitative estimate of drug-likeness (QED) is 0.149. The summed E-state index contributed by atoms with van der Waals surface area (Å²) in [4.78, 5) is 18.5. The van der Waals surface area contributed by atoms with Gasteiger partial charge in [0.1, 0.15) is 26.2 Å². The van der Waals surface area contributed by atoms with Crippen LogP contribution in [0.15, 0.2) is 122 Å². The summed E-state index contributed by atoms with van der Waals surface area (Å²) in [5.74, 6) is 0. The van der Waals surface area contributed by atoms with Crippen LogP contribution in [0.5, 0.6) is 0 Å².